The Balaban J connectivity index is 1.84. The normalized spacial score (nSPS) is 17.3. The number of amides is 1. The van der Waals surface area contributed by atoms with Crippen LogP contribution >= 0.6 is 11.6 Å². The molecule has 0 aliphatic carbocycles. The maximum atomic E-state index is 10.7. The second-order valence-electron chi connectivity index (χ2n) is 4.87. The van der Waals surface area contributed by atoms with Crippen molar-refractivity contribution in [2.75, 3.05) is 13.1 Å². The Labute approximate surface area is 111 Å². The molecule has 2 aromatic rings. The number of likely N-dealkylation sites (tertiary alicyclic amines) is 1. The molecule has 0 spiro atoms. The van der Waals surface area contributed by atoms with Gasteiger partial charge in [-0.05, 0) is 37.1 Å². The van der Waals surface area contributed by atoms with E-state index in [4.69, 9.17) is 11.6 Å². The Kier molecular flexibility index (Phi) is 3.00. The van der Waals surface area contributed by atoms with Crippen LogP contribution in [0.25, 0.3) is 10.9 Å². The molecular weight excluding hydrogens is 248 g/mol. The third-order valence-electron chi connectivity index (χ3n) is 3.72. The largest absolute Gasteiger partial charge is 0.358 e. The molecule has 0 saturated carbocycles. The smallest absolute Gasteiger partial charge is 0.209 e. The summed E-state index contributed by atoms with van der Waals surface area (Å²) >= 11 is 5.99. The Bertz CT molecular complexity index is 570. The van der Waals surface area contributed by atoms with Gasteiger partial charge in [0.1, 0.15) is 0 Å². The summed E-state index contributed by atoms with van der Waals surface area (Å²) in [4.78, 5) is 16.0. The van der Waals surface area contributed by atoms with Crippen LogP contribution in [0, 0.1) is 0 Å². The van der Waals surface area contributed by atoms with Crippen molar-refractivity contribution < 1.29 is 4.79 Å². The quantitative estimate of drug-likeness (QED) is 0.830. The van der Waals surface area contributed by atoms with Crippen LogP contribution in [0.1, 0.15) is 24.5 Å². The number of aromatic nitrogens is 1. The molecular formula is C14H15ClN2O. The summed E-state index contributed by atoms with van der Waals surface area (Å²) in [6.45, 7) is 1.70. The van der Waals surface area contributed by atoms with Gasteiger partial charge in [0, 0.05) is 40.6 Å². The summed E-state index contributed by atoms with van der Waals surface area (Å²) in [6, 6.07) is 8.08. The first-order valence-corrected chi connectivity index (χ1v) is 6.61. The van der Waals surface area contributed by atoms with Crippen molar-refractivity contribution in [3.05, 3.63) is 35.0 Å². The van der Waals surface area contributed by atoms with Crippen molar-refractivity contribution in [1.82, 2.24) is 9.88 Å². The molecule has 1 saturated heterocycles. The van der Waals surface area contributed by atoms with Gasteiger partial charge >= 0.3 is 0 Å². The fraction of sp³-hybridized carbons (Fsp3) is 0.357. The minimum Gasteiger partial charge on any atom is -0.358 e. The Hall–Kier alpha value is -1.48. The van der Waals surface area contributed by atoms with Gasteiger partial charge in [0.25, 0.3) is 0 Å². The van der Waals surface area contributed by atoms with Gasteiger partial charge in [-0.3, -0.25) is 4.79 Å². The fourth-order valence-corrected chi connectivity index (χ4v) is 2.84. The van der Waals surface area contributed by atoms with Crippen LogP contribution in [0.2, 0.25) is 5.02 Å². The van der Waals surface area contributed by atoms with E-state index in [1.165, 1.54) is 5.69 Å². The molecule has 1 N–H and O–H groups in total. The summed E-state index contributed by atoms with van der Waals surface area (Å²) in [5.41, 5.74) is 2.39. The van der Waals surface area contributed by atoms with Crippen LogP contribution in [0.3, 0.4) is 0 Å². The zero-order valence-corrected chi connectivity index (χ0v) is 10.8. The highest BCUT2D eigenvalue weighted by Gasteiger charge is 2.20. The lowest BCUT2D eigenvalue weighted by atomic mass is 9.94. The number of H-pyrrole nitrogens is 1. The molecule has 1 aliphatic heterocycles. The average molecular weight is 263 g/mol. The summed E-state index contributed by atoms with van der Waals surface area (Å²) in [5, 5.41) is 1.93. The topological polar surface area (TPSA) is 36.1 Å². The van der Waals surface area contributed by atoms with Gasteiger partial charge in [-0.15, -0.1) is 0 Å². The number of hydrogen-bond acceptors (Lipinski definition) is 1. The molecule has 1 aliphatic rings. The van der Waals surface area contributed by atoms with Gasteiger partial charge in [0.2, 0.25) is 6.41 Å². The van der Waals surface area contributed by atoms with E-state index in [1.54, 1.807) is 0 Å². The number of fused-ring (bicyclic) bond motifs is 1. The van der Waals surface area contributed by atoms with Crippen molar-refractivity contribution in [3.63, 3.8) is 0 Å². The molecule has 1 amide bonds. The SMILES string of the molecule is O=CN1CCC(c2cc3cc(Cl)ccc3[nH]2)CC1. The van der Waals surface area contributed by atoms with Crippen LogP contribution in [-0.2, 0) is 4.79 Å². The lowest BCUT2D eigenvalue weighted by Gasteiger charge is -2.28. The predicted molar refractivity (Wildman–Crippen MR) is 72.9 cm³/mol. The molecule has 3 nitrogen and oxygen atoms in total. The zero-order valence-electron chi connectivity index (χ0n) is 10.0. The van der Waals surface area contributed by atoms with Crippen LogP contribution in [0.15, 0.2) is 24.3 Å². The second-order valence-corrected chi connectivity index (χ2v) is 5.31. The van der Waals surface area contributed by atoms with E-state index in [2.05, 4.69) is 11.1 Å². The molecule has 18 heavy (non-hydrogen) atoms. The molecule has 0 bridgehead atoms. The number of aromatic amines is 1. The first-order valence-electron chi connectivity index (χ1n) is 6.24. The maximum absolute atomic E-state index is 10.7. The third kappa shape index (κ3) is 2.10. The average Bonchev–Trinajstić information content (AvgIpc) is 2.81. The molecule has 1 aromatic heterocycles. The Morgan fingerprint density at radius 1 is 1.28 bits per heavy atom. The number of halogens is 1. The molecule has 94 valence electrons. The Morgan fingerprint density at radius 2 is 2.06 bits per heavy atom. The van der Waals surface area contributed by atoms with Crippen molar-refractivity contribution in [2.24, 2.45) is 0 Å². The number of benzene rings is 1. The summed E-state index contributed by atoms with van der Waals surface area (Å²) in [7, 11) is 0. The molecule has 2 heterocycles. The van der Waals surface area contributed by atoms with Gasteiger partial charge < -0.3 is 9.88 Å². The van der Waals surface area contributed by atoms with Crippen molar-refractivity contribution in [3.8, 4) is 0 Å². The number of carbonyl (C=O) groups is 1. The highest BCUT2D eigenvalue weighted by atomic mass is 35.5. The van der Waals surface area contributed by atoms with E-state index in [1.807, 2.05) is 23.1 Å². The summed E-state index contributed by atoms with van der Waals surface area (Å²) < 4.78 is 0. The number of hydrogen-bond donors (Lipinski definition) is 1. The highest BCUT2D eigenvalue weighted by Crippen LogP contribution is 2.30. The minimum atomic E-state index is 0.521. The first-order chi connectivity index (χ1) is 8.76. The standard InChI is InChI=1S/C14H15ClN2O/c15-12-1-2-13-11(7-12)8-14(16-13)10-3-5-17(9-18)6-4-10/h1-2,7-10,16H,3-6H2. The number of nitrogens with one attached hydrogen (secondary N) is 1. The molecule has 1 fully saturated rings. The lowest BCUT2D eigenvalue weighted by molar-refractivity contribution is -0.119. The van der Waals surface area contributed by atoms with E-state index in [0.29, 0.717) is 5.92 Å². The number of piperidine rings is 1. The van der Waals surface area contributed by atoms with E-state index >= 15 is 0 Å². The van der Waals surface area contributed by atoms with E-state index in [-0.39, 0.29) is 0 Å². The van der Waals surface area contributed by atoms with Crippen LogP contribution in [-0.4, -0.2) is 29.4 Å². The highest BCUT2D eigenvalue weighted by molar-refractivity contribution is 6.31. The van der Waals surface area contributed by atoms with Gasteiger partial charge in [-0.25, -0.2) is 0 Å². The predicted octanol–water partition coefficient (Wildman–Crippen LogP) is 3.16. The van der Waals surface area contributed by atoms with E-state index in [9.17, 15) is 4.79 Å². The molecule has 3 rings (SSSR count). The van der Waals surface area contributed by atoms with Gasteiger partial charge in [-0.2, -0.15) is 0 Å². The lowest BCUT2D eigenvalue weighted by Crippen LogP contribution is -2.31. The first kappa shape index (κ1) is 11.6. The minimum absolute atomic E-state index is 0.521. The van der Waals surface area contributed by atoms with Crippen molar-refractivity contribution >= 4 is 28.9 Å². The third-order valence-corrected chi connectivity index (χ3v) is 3.96. The molecule has 0 radical (unpaired) electrons. The molecule has 4 heteroatoms. The summed E-state index contributed by atoms with van der Waals surface area (Å²) in [5.74, 6) is 0.521. The Morgan fingerprint density at radius 3 is 2.78 bits per heavy atom. The van der Waals surface area contributed by atoms with Gasteiger partial charge in [0.15, 0.2) is 0 Å². The fourth-order valence-electron chi connectivity index (χ4n) is 2.66. The van der Waals surface area contributed by atoms with Crippen molar-refractivity contribution in [1.29, 1.82) is 0 Å². The monoisotopic (exact) mass is 262 g/mol. The number of rotatable bonds is 2. The van der Waals surface area contributed by atoms with Gasteiger partial charge in [-0.1, -0.05) is 11.6 Å². The number of carbonyl (C=O) groups excluding carboxylic acids is 1. The van der Waals surface area contributed by atoms with Crippen molar-refractivity contribution in [2.45, 2.75) is 18.8 Å². The summed E-state index contributed by atoms with van der Waals surface area (Å²) in [6.07, 6.45) is 3.00. The van der Waals surface area contributed by atoms with E-state index in [0.717, 1.165) is 48.3 Å². The number of nitrogens with zero attached hydrogens (tertiary/aromatic N) is 1. The second kappa shape index (κ2) is 4.65. The molecule has 0 unspecified atom stereocenters. The van der Waals surface area contributed by atoms with Crippen LogP contribution in [0.4, 0.5) is 0 Å². The zero-order chi connectivity index (χ0) is 12.5. The van der Waals surface area contributed by atoms with E-state index < -0.39 is 0 Å². The van der Waals surface area contributed by atoms with Crippen LogP contribution < -0.4 is 0 Å². The molecule has 0 atom stereocenters. The molecule has 1 aromatic carbocycles. The van der Waals surface area contributed by atoms with Crippen LogP contribution in [0.5, 0.6) is 0 Å². The maximum Gasteiger partial charge on any atom is 0.209 e. The van der Waals surface area contributed by atoms with Gasteiger partial charge in [0.05, 0.1) is 0 Å².